The molecular formula is C16H21N5O. The Bertz CT molecular complexity index is 606. The molecule has 3 heterocycles. The van der Waals surface area contributed by atoms with Crippen LogP contribution in [0, 0.1) is 0 Å². The summed E-state index contributed by atoms with van der Waals surface area (Å²) in [5.41, 5.74) is 1.07. The third-order valence-corrected chi connectivity index (χ3v) is 4.03. The van der Waals surface area contributed by atoms with E-state index in [-0.39, 0.29) is 0 Å². The van der Waals surface area contributed by atoms with Crippen molar-refractivity contribution in [1.82, 2.24) is 19.9 Å². The van der Waals surface area contributed by atoms with E-state index >= 15 is 0 Å². The molecule has 0 radical (unpaired) electrons. The highest BCUT2D eigenvalue weighted by Crippen LogP contribution is 2.25. The number of piperazine rings is 1. The van der Waals surface area contributed by atoms with E-state index in [1.165, 1.54) is 0 Å². The molecule has 0 spiro atoms. The molecule has 6 heteroatoms. The number of pyridine rings is 1. The van der Waals surface area contributed by atoms with Crippen LogP contribution in [-0.4, -0.2) is 52.6 Å². The fraction of sp³-hybridized carbons (Fsp3) is 0.438. The molecular weight excluding hydrogens is 278 g/mol. The lowest BCUT2D eigenvalue weighted by atomic mass is 10.2. The summed E-state index contributed by atoms with van der Waals surface area (Å²) in [4.78, 5) is 17.5. The van der Waals surface area contributed by atoms with Crippen molar-refractivity contribution in [1.29, 1.82) is 0 Å². The molecule has 3 rings (SSSR count). The van der Waals surface area contributed by atoms with Crippen LogP contribution in [-0.2, 0) is 6.61 Å². The Morgan fingerprint density at radius 2 is 1.91 bits per heavy atom. The van der Waals surface area contributed by atoms with Crippen molar-refractivity contribution in [3.8, 4) is 5.88 Å². The smallest absolute Gasteiger partial charge is 0.257 e. The van der Waals surface area contributed by atoms with E-state index in [0.29, 0.717) is 18.5 Å². The molecule has 1 saturated heterocycles. The molecule has 22 heavy (non-hydrogen) atoms. The lowest BCUT2D eigenvalue weighted by Crippen LogP contribution is -2.50. The van der Waals surface area contributed by atoms with Gasteiger partial charge in [-0.05, 0) is 31.7 Å². The second-order valence-electron chi connectivity index (χ2n) is 5.60. The fourth-order valence-electron chi connectivity index (χ4n) is 2.51. The molecule has 2 aromatic rings. The minimum Gasteiger partial charge on any atom is -0.470 e. The maximum absolute atomic E-state index is 5.88. The zero-order chi connectivity index (χ0) is 15.4. The molecule has 0 amide bonds. The van der Waals surface area contributed by atoms with Gasteiger partial charge in [-0.2, -0.15) is 0 Å². The highest BCUT2D eigenvalue weighted by atomic mass is 16.5. The first kappa shape index (κ1) is 14.7. The number of aromatic nitrogens is 3. The summed E-state index contributed by atoms with van der Waals surface area (Å²) in [7, 11) is 2.15. The normalized spacial score (nSPS) is 19.2. The van der Waals surface area contributed by atoms with Gasteiger partial charge in [0.05, 0.1) is 0 Å². The molecule has 0 bridgehead atoms. The van der Waals surface area contributed by atoms with Gasteiger partial charge >= 0.3 is 0 Å². The molecule has 0 saturated carbocycles. The largest absolute Gasteiger partial charge is 0.470 e. The second kappa shape index (κ2) is 6.70. The summed E-state index contributed by atoms with van der Waals surface area (Å²) in [6, 6.07) is 4.37. The summed E-state index contributed by atoms with van der Waals surface area (Å²) < 4.78 is 5.88. The van der Waals surface area contributed by atoms with Crippen molar-refractivity contribution in [3.63, 3.8) is 0 Å². The van der Waals surface area contributed by atoms with Crippen molar-refractivity contribution >= 4 is 5.82 Å². The lowest BCUT2D eigenvalue weighted by molar-refractivity contribution is 0.230. The Hall–Kier alpha value is -2.21. The highest BCUT2D eigenvalue weighted by molar-refractivity contribution is 5.48. The minimum absolute atomic E-state index is 0.470. The number of anilines is 1. The van der Waals surface area contributed by atoms with Crippen LogP contribution in [0.5, 0.6) is 5.88 Å². The van der Waals surface area contributed by atoms with Crippen molar-refractivity contribution in [2.75, 3.05) is 31.6 Å². The van der Waals surface area contributed by atoms with Gasteiger partial charge in [0.25, 0.3) is 5.88 Å². The molecule has 116 valence electrons. The summed E-state index contributed by atoms with van der Waals surface area (Å²) >= 11 is 0. The van der Waals surface area contributed by atoms with Gasteiger partial charge in [-0.15, -0.1) is 0 Å². The highest BCUT2D eigenvalue weighted by Gasteiger charge is 2.24. The van der Waals surface area contributed by atoms with Crippen LogP contribution in [0.3, 0.4) is 0 Å². The number of hydrogen-bond donors (Lipinski definition) is 0. The Morgan fingerprint density at radius 3 is 2.68 bits per heavy atom. The first-order valence-electron chi connectivity index (χ1n) is 7.52. The van der Waals surface area contributed by atoms with E-state index in [2.05, 4.69) is 38.7 Å². The number of hydrogen-bond acceptors (Lipinski definition) is 6. The average Bonchev–Trinajstić information content (AvgIpc) is 2.57. The number of nitrogens with zero attached hydrogens (tertiary/aromatic N) is 5. The zero-order valence-corrected chi connectivity index (χ0v) is 13.0. The van der Waals surface area contributed by atoms with E-state index in [0.717, 1.165) is 31.0 Å². The molecule has 1 atom stereocenters. The fourth-order valence-corrected chi connectivity index (χ4v) is 2.51. The summed E-state index contributed by atoms with van der Waals surface area (Å²) in [5.74, 6) is 1.42. The van der Waals surface area contributed by atoms with E-state index in [1.54, 1.807) is 24.8 Å². The molecule has 0 N–H and O–H groups in total. The Kier molecular flexibility index (Phi) is 4.48. The molecule has 1 fully saturated rings. The van der Waals surface area contributed by atoms with Gasteiger partial charge in [0, 0.05) is 50.5 Å². The Balaban J connectivity index is 1.72. The molecule has 1 unspecified atom stereocenters. The van der Waals surface area contributed by atoms with Gasteiger partial charge < -0.3 is 14.5 Å². The molecule has 2 aromatic heterocycles. The maximum Gasteiger partial charge on any atom is 0.257 e. The predicted molar refractivity (Wildman–Crippen MR) is 84.9 cm³/mol. The third kappa shape index (κ3) is 3.33. The average molecular weight is 299 g/mol. The van der Waals surface area contributed by atoms with Gasteiger partial charge in [-0.25, -0.2) is 9.97 Å². The van der Waals surface area contributed by atoms with E-state index in [9.17, 15) is 0 Å². The minimum atomic E-state index is 0.470. The van der Waals surface area contributed by atoms with Crippen molar-refractivity contribution in [2.45, 2.75) is 19.6 Å². The van der Waals surface area contributed by atoms with Crippen LogP contribution in [0.1, 0.15) is 12.5 Å². The SMILES string of the molecule is CC1CN(c2nccnc2OCc2ccncc2)CCN1C. The van der Waals surface area contributed by atoms with Gasteiger partial charge in [0.1, 0.15) is 6.61 Å². The number of likely N-dealkylation sites (N-methyl/N-ethyl adjacent to an activating group) is 1. The van der Waals surface area contributed by atoms with Gasteiger partial charge in [0.2, 0.25) is 0 Å². The first-order chi connectivity index (χ1) is 10.7. The van der Waals surface area contributed by atoms with E-state index in [4.69, 9.17) is 4.74 Å². The van der Waals surface area contributed by atoms with Crippen molar-refractivity contribution in [3.05, 3.63) is 42.5 Å². The summed E-state index contributed by atoms with van der Waals surface area (Å²) in [6.45, 7) is 5.57. The van der Waals surface area contributed by atoms with Crippen LogP contribution in [0.2, 0.25) is 0 Å². The van der Waals surface area contributed by atoms with Crippen LogP contribution >= 0.6 is 0 Å². The predicted octanol–water partition coefficient (Wildman–Crippen LogP) is 1.59. The zero-order valence-electron chi connectivity index (χ0n) is 13.0. The van der Waals surface area contributed by atoms with Gasteiger partial charge in [-0.3, -0.25) is 4.98 Å². The summed E-state index contributed by atoms with van der Waals surface area (Å²) in [5, 5.41) is 0. The lowest BCUT2D eigenvalue weighted by Gasteiger charge is -2.38. The third-order valence-electron chi connectivity index (χ3n) is 4.03. The number of ether oxygens (including phenoxy) is 1. The molecule has 1 aliphatic heterocycles. The first-order valence-corrected chi connectivity index (χ1v) is 7.52. The van der Waals surface area contributed by atoms with Gasteiger partial charge in [-0.1, -0.05) is 0 Å². The molecule has 0 aliphatic carbocycles. The Morgan fingerprint density at radius 1 is 1.14 bits per heavy atom. The van der Waals surface area contributed by atoms with Crippen molar-refractivity contribution < 1.29 is 4.74 Å². The van der Waals surface area contributed by atoms with Crippen molar-refractivity contribution in [2.24, 2.45) is 0 Å². The molecule has 1 aliphatic rings. The summed E-state index contributed by atoms with van der Waals surface area (Å²) in [6.07, 6.45) is 6.92. The van der Waals surface area contributed by atoms with Crippen LogP contribution < -0.4 is 9.64 Å². The second-order valence-corrected chi connectivity index (χ2v) is 5.60. The van der Waals surface area contributed by atoms with Crippen LogP contribution in [0.4, 0.5) is 5.82 Å². The van der Waals surface area contributed by atoms with Crippen LogP contribution in [0.15, 0.2) is 36.9 Å². The molecule has 6 nitrogen and oxygen atoms in total. The standard InChI is InChI=1S/C16H21N5O/c1-13-11-21(10-9-20(13)2)15-16(19-8-7-18-15)22-12-14-3-5-17-6-4-14/h3-8,13H,9-12H2,1-2H3. The van der Waals surface area contributed by atoms with Gasteiger partial charge in [0.15, 0.2) is 5.82 Å². The monoisotopic (exact) mass is 299 g/mol. The van der Waals surface area contributed by atoms with E-state index in [1.807, 2.05) is 12.1 Å². The quantitative estimate of drug-likeness (QED) is 0.854. The molecule has 0 aromatic carbocycles. The van der Waals surface area contributed by atoms with E-state index < -0.39 is 0 Å². The topological polar surface area (TPSA) is 54.4 Å². The Labute approximate surface area is 130 Å². The van der Waals surface area contributed by atoms with Crippen LogP contribution in [0.25, 0.3) is 0 Å². The number of rotatable bonds is 4. The maximum atomic E-state index is 5.88.